The molecule has 0 unspecified atom stereocenters. The highest BCUT2D eigenvalue weighted by Gasteiger charge is 2.06. The molecule has 0 bridgehead atoms. The summed E-state index contributed by atoms with van der Waals surface area (Å²) in [6.45, 7) is 0. The number of thioether (sulfide) groups is 1. The maximum Gasteiger partial charge on any atom is 0.257 e. The van der Waals surface area contributed by atoms with Crippen molar-refractivity contribution in [1.29, 1.82) is 0 Å². The van der Waals surface area contributed by atoms with Crippen LogP contribution in [0.5, 0.6) is 0 Å². The second-order valence-electron chi connectivity index (χ2n) is 4.12. The topological polar surface area (TPSA) is 52.0 Å². The highest BCUT2D eigenvalue weighted by Crippen LogP contribution is 2.27. The van der Waals surface area contributed by atoms with E-state index in [4.69, 9.17) is 21.8 Å². The van der Waals surface area contributed by atoms with E-state index >= 15 is 0 Å². The van der Waals surface area contributed by atoms with Crippen LogP contribution in [-0.4, -0.2) is 4.98 Å². The first-order chi connectivity index (χ1) is 9.20. The molecule has 2 N–H and O–H groups in total. The molecule has 5 heteroatoms. The number of nitrogens with two attached hydrogens (primary N) is 1. The van der Waals surface area contributed by atoms with Crippen LogP contribution in [0.2, 0.25) is 5.02 Å². The monoisotopic (exact) mass is 290 g/mol. The lowest BCUT2D eigenvalue weighted by Crippen LogP contribution is -1.81. The van der Waals surface area contributed by atoms with Gasteiger partial charge >= 0.3 is 0 Å². The van der Waals surface area contributed by atoms with Crippen LogP contribution in [0.25, 0.3) is 11.1 Å². The fourth-order valence-electron chi connectivity index (χ4n) is 1.71. The molecule has 0 aliphatic carbocycles. The summed E-state index contributed by atoms with van der Waals surface area (Å²) in [5.74, 6) is 0.791. The van der Waals surface area contributed by atoms with E-state index in [-0.39, 0.29) is 0 Å². The molecule has 3 nitrogen and oxygen atoms in total. The quantitative estimate of drug-likeness (QED) is 0.575. The number of anilines is 1. The molecule has 3 rings (SSSR count). The maximum absolute atomic E-state index is 5.85. The van der Waals surface area contributed by atoms with Crippen molar-refractivity contribution in [2.24, 2.45) is 0 Å². The van der Waals surface area contributed by atoms with E-state index in [1.165, 1.54) is 5.56 Å². The van der Waals surface area contributed by atoms with Gasteiger partial charge in [0, 0.05) is 22.5 Å². The van der Waals surface area contributed by atoms with Crippen LogP contribution in [0, 0.1) is 0 Å². The van der Waals surface area contributed by atoms with Crippen LogP contribution in [0.3, 0.4) is 0 Å². The van der Waals surface area contributed by atoms with Crippen molar-refractivity contribution >= 4 is 40.1 Å². The number of hydrogen-bond donors (Lipinski definition) is 1. The van der Waals surface area contributed by atoms with Gasteiger partial charge in [0.2, 0.25) is 0 Å². The Kier molecular flexibility index (Phi) is 3.36. The summed E-state index contributed by atoms with van der Waals surface area (Å²) in [6, 6.07) is 13.2. The average Bonchev–Trinajstić information content (AvgIpc) is 2.80. The molecule has 0 saturated carbocycles. The third-order valence-electron chi connectivity index (χ3n) is 2.67. The molecule has 0 fully saturated rings. The number of fused-ring (bicyclic) bond motifs is 1. The van der Waals surface area contributed by atoms with E-state index in [1.807, 2.05) is 36.4 Å². The smallest absolute Gasteiger partial charge is 0.257 e. The Balaban J connectivity index is 1.76. The highest BCUT2D eigenvalue weighted by atomic mass is 35.5. The summed E-state index contributed by atoms with van der Waals surface area (Å²) < 4.78 is 5.64. The molecule has 3 aromatic rings. The summed E-state index contributed by atoms with van der Waals surface area (Å²) in [5.41, 5.74) is 9.11. The molecule has 0 radical (unpaired) electrons. The molecule has 0 spiro atoms. The number of oxazole rings is 1. The van der Waals surface area contributed by atoms with Gasteiger partial charge in [-0.2, -0.15) is 0 Å². The molecule has 0 saturated heterocycles. The van der Waals surface area contributed by atoms with Crippen molar-refractivity contribution in [3.8, 4) is 0 Å². The van der Waals surface area contributed by atoms with Gasteiger partial charge in [-0.3, -0.25) is 0 Å². The zero-order valence-electron chi connectivity index (χ0n) is 9.97. The van der Waals surface area contributed by atoms with E-state index in [1.54, 1.807) is 17.8 Å². The molecule has 1 heterocycles. The van der Waals surface area contributed by atoms with Gasteiger partial charge in [-0.05, 0) is 29.8 Å². The van der Waals surface area contributed by atoms with Gasteiger partial charge in [0.25, 0.3) is 5.22 Å². The number of benzene rings is 2. The van der Waals surface area contributed by atoms with E-state index in [2.05, 4.69) is 4.98 Å². The number of halogens is 1. The minimum atomic E-state index is 0.649. The van der Waals surface area contributed by atoms with E-state index in [9.17, 15) is 0 Å². The molecule has 0 atom stereocenters. The van der Waals surface area contributed by atoms with Crippen LogP contribution in [0.4, 0.5) is 5.69 Å². The predicted octanol–water partition coefficient (Wildman–Crippen LogP) is 4.36. The third kappa shape index (κ3) is 2.85. The first-order valence-electron chi connectivity index (χ1n) is 5.74. The van der Waals surface area contributed by atoms with Gasteiger partial charge in [0.15, 0.2) is 5.58 Å². The summed E-state index contributed by atoms with van der Waals surface area (Å²) in [6.07, 6.45) is 0. The first-order valence-corrected chi connectivity index (χ1v) is 7.10. The average molecular weight is 291 g/mol. The summed E-state index contributed by atoms with van der Waals surface area (Å²) in [5, 5.41) is 1.39. The normalized spacial score (nSPS) is 11.0. The third-order valence-corrected chi connectivity index (χ3v) is 3.82. The van der Waals surface area contributed by atoms with Crippen LogP contribution in [0.1, 0.15) is 5.56 Å². The SMILES string of the molecule is Nc1ccc2nc(SCc3ccc(Cl)cc3)oc2c1. The minimum Gasteiger partial charge on any atom is -0.431 e. The van der Waals surface area contributed by atoms with Crippen molar-refractivity contribution < 1.29 is 4.42 Å². The zero-order chi connectivity index (χ0) is 13.2. The Bertz CT molecular complexity index is 709. The van der Waals surface area contributed by atoms with Gasteiger partial charge in [-0.25, -0.2) is 4.98 Å². The number of hydrogen-bond acceptors (Lipinski definition) is 4. The summed E-state index contributed by atoms with van der Waals surface area (Å²) in [4.78, 5) is 4.40. The lowest BCUT2D eigenvalue weighted by molar-refractivity contribution is 0.489. The lowest BCUT2D eigenvalue weighted by Gasteiger charge is -1.98. The Hall–Kier alpha value is -1.65. The number of nitrogen functional groups attached to an aromatic ring is 1. The standard InChI is InChI=1S/C14H11ClN2OS/c15-10-3-1-9(2-4-10)8-19-14-17-12-6-5-11(16)7-13(12)18-14/h1-7H,8,16H2. The molecule has 19 heavy (non-hydrogen) atoms. The molecule has 0 aliphatic rings. The van der Waals surface area contributed by atoms with Crippen molar-refractivity contribution in [2.75, 3.05) is 5.73 Å². The van der Waals surface area contributed by atoms with Crippen molar-refractivity contribution in [1.82, 2.24) is 4.98 Å². The molecular formula is C14H11ClN2OS. The second-order valence-corrected chi connectivity index (χ2v) is 5.49. The summed E-state index contributed by atoms with van der Waals surface area (Å²) in [7, 11) is 0. The molecule has 0 amide bonds. The number of aromatic nitrogens is 1. The van der Waals surface area contributed by atoms with Crippen LogP contribution in [-0.2, 0) is 5.75 Å². The Morgan fingerprint density at radius 1 is 1.16 bits per heavy atom. The van der Waals surface area contributed by atoms with Gasteiger partial charge in [-0.15, -0.1) is 0 Å². The van der Waals surface area contributed by atoms with Crippen molar-refractivity contribution in [2.45, 2.75) is 11.0 Å². The minimum absolute atomic E-state index is 0.649. The molecule has 96 valence electrons. The van der Waals surface area contributed by atoms with Crippen molar-refractivity contribution in [3.63, 3.8) is 0 Å². The van der Waals surface area contributed by atoms with Gasteiger partial charge in [0.1, 0.15) is 5.52 Å². The summed E-state index contributed by atoms with van der Waals surface area (Å²) >= 11 is 7.40. The van der Waals surface area contributed by atoms with Crippen LogP contribution in [0.15, 0.2) is 52.1 Å². The van der Waals surface area contributed by atoms with Crippen LogP contribution >= 0.6 is 23.4 Å². The van der Waals surface area contributed by atoms with Gasteiger partial charge < -0.3 is 10.2 Å². The van der Waals surface area contributed by atoms with Crippen molar-refractivity contribution in [3.05, 3.63) is 53.1 Å². The second kappa shape index (κ2) is 5.15. The molecule has 2 aromatic carbocycles. The molecular weight excluding hydrogens is 280 g/mol. The maximum atomic E-state index is 5.85. The fourth-order valence-corrected chi connectivity index (χ4v) is 2.63. The van der Waals surface area contributed by atoms with E-state index in [0.717, 1.165) is 21.9 Å². The molecule has 1 aromatic heterocycles. The largest absolute Gasteiger partial charge is 0.431 e. The Labute approximate surface area is 119 Å². The van der Waals surface area contributed by atoms with E-state index in [0.29, 0.717) is 10.9 Å². The fraction of sp³-hybridized carbons (Fsp3) is 0.0714. The molecule has 0 aliphatic heterocycles. The first kappa shape index (κ1) is 12.4. The number of rotatable bonds is 3. The number of nitrogens with zero attached hydrogens (tertiary/aromatic N) is 1. The van der Waals surface area contributed by atoms with E-state index < -0.39 is 0 Å². The van der Waals surface area contributed by atoms with Gasteiger partial charge in [0.05, 0.1) is 0 Å². The van der Waals surface area contributed by atoms with Gasteiger partial charge in [-0.1, -0.05) is 35.5 Å². The lowest BCUT2D eigenvalue weighted by atomic mass is 10.2. The Morgan fingerprint density at radius 3 is 2.74 bits per heavy atom. The Morgan fingerprint density at radius 2 is 1.95 bits per heavy atom. The van der Waals surface area contributed by atoms with Crippen LogP contribution < -0.4 is 5.73 Å². The predicted molar refractivity (Wildman–Crippen MR) is 79.4 cm³/mol. The highest BCUT2D eigenvalue weighted by molar-refractivity contribution is 7.98. The zero-order valence-corrected chi connectivity index (χ0v) is 11.5.